The fourth-order valence-electron chi connectivity index (χ4n) is 3.11. The topological polar surface area (TPSA) is 70.5 Å². The Labute approximate surface area is 144 Å². The van der Waals surface area contributed by atoms with Gasteiger partial charge in [0.25, 0.3) is 0 Å². The summed E-state index contributed by atoms with van der Waals surface area (Å²) in [6.07, 6.45) is 0.784. The Morgan fingerprint density at radius 2 is 1.33 bits per heavy atom. The molecule has 2 unspecified atom stereocenters. The van der Waals surface area contributed by atoms with Crippen molar-refractivity contribution in [3.63, 3.8) is 0 Å². The maximum absolute atomic E-state index is 6.86. The summed E-state index contributed by atoms with van der Waals surface area (Å²) in [5, 5.41) is 0. The van der Waals surface area contributed by atoms with Crippen LogP contribution in [0.3, 0.4) is 0 Å². The van der Waals surface area contributed by atoms with Gasteiger partial charge < -0.3 is 20.9 Å². The second-order valence-corrected chi connectivity index (χ2v) is 6.62. The van der Waals surface area contributed by atoms with Crippen molar-refractivity contribution >= 4 is 0 Å². The molecule has 0 saturated carbocycles. The molecule has 0 aliphatic rings. The minimum atomic E-state index is -0.658. The molecule has 0 saturated heterocycles. The summed E-state index contributed by atoms with van der Waals surface area (Å²) in [7, 11) is 3.31. The number of nitrogens with two attached hydrogens (primary N) is 2. The van der Waals surface area contributed by atoms with Gasteiger partial charge in [-0.15, -0.1) is 0 Å². The summed E-state index contributed by atoms with van der Waals surface area (Å²) in [6, 6.07) is 15.3. The van der Waals surface area contributed by atoms with Crippen molar-refractivity contribution in [3.05, 3.63) is 59.7 Å². The standard InChI is InChI=1S/C20H28N2O2/c1-14(2)13-20(22,16-7-11-18(24-4)12-8-16)19(21)15-5-9-17(23-3)10-6-15/h5-12,14,19H,13,21-22H2,1-4H3. The normalized spacial score (nSPS) is 15.0. The van der Waals surface area contributed by atoms with Crippen molar-refractivity contribution < 1.29 is 9.47 Å². The molecule has 2 aromatic rings. The van der Waals surface area contributed by atoms with E-state index in [1.807, 2.05) is 48.5 Å². The quantitative estimate of drug-likeness (QED) is 0.814. The molecular weight excluding hydrogens is 300 g/mol. The summed E-state index contributed by atoms with van der Waals surface area (Å²) in [4.78, 5) is 0. The molecule has 4 N–H and O–H groups in total. The van der Waals surface area contributed by atoms with E-state index in [4.69, 9.17) is 20.9 Å². The van der Waals surface area contributed by atoms with Crippen LogP contribution >= 0.6 is 0 Å². The largest absolute Gasteiger partial charge is 0.497 e. The maximum Gasteiger partial charge on any atom is 0.118 e. The molecular formula is C20H28N2O2. The number of methoxy groups -OCH3 is 2. The molecule has 4 nitrogen and oxygen atoms in total. The summed E-state index contributed by atoms with van der Waals surface area (Å²) in [5.74, 6) is 2.03. The molecule has 130 valence electrons. The monoisotopic (exact) mass is 328 g/mol. The Kier molecular flexibility index (Phi) is 5.86. The van der Waals surface area contributed by atoms with E-state index >= 15 is 0 Å². The SMILES string of the molecule is COc1ccc(C(N)C(N)(CC(C)C)c2ccc(OC)cc2)cc1. The minimum absolute atomic E-state index is 0.320. The lowest BCUT2D eigenvalue weighted by Gasteiger charge is -2.38. The number of benzene rings is 2. The van der Waals surface area contributed by atoms with Crippen LogP contribution in [-0.2, 0) is 5.54 Å². The van der Waals surface area contributed by atoms with Crippen LogP contribution in [0, 0.1) is 5.92 Å². The third-order valence-electron chi connectivity index (χ3n) is 4.40. The number of rotatable bonds is 7. The first-order chi connectivity index (χ1) is 11.4. The molecule has 0 fully saturated rings. The smallest absolute Gasteiger partial charge is 0.118 e. The van der Waals surface area contributed by atoms with Gasteiger partial charge in [-0.3, -0.25) is 0 Å². The summed E-state index contributed by atoms with van der Waals surface area (Å²) >= 11 is 0. The first-order valence-corrected chi connectivity index (χ1v) is 8.23. The van der Waals surface area contributed by atoms with E-state index in [-0.39, 0.29) is 6.04 Å². The van der Waals surface area contributed by atoms with Crippen LogP contribution in [0.4, 0.5) is 0 Å². The number of hydrogen-bond acceptors (Lipinski definition) is 4. The van der Waals surface area contributed by atoms with E-state index in [2.05, 4.69) is 13.8 Å². The zero-order valence-electron chi connectivity index (χ0n) is 15.0. The zero-order valence-corrected chi connectivity index (χ0v) is 15.0. The highest BCUT2D eigenvalue weighted by atomic mass is 16.5. The Hall–Kier alpha value is -2.04. The lowest BCUT2D eigenvalue weighted by atomic mass is 9.75. The number of ether oxygens (including phenoxy) is 2. The van der Waals surface area contributed by atoms with Crippen molar-refractivity contribution in [1.29, 1.82) is 0 Å². The van der Waals surface area contributed by atoms with E-state index in [0.717, 1.165) is 29.0 Å². The van der Waals surface area contributed by atoms with Gasteiger partial charge in [0.1, 0.15) is 11.5 Å². The molecule has 2 aromatic carbocycles. The van der Waals surface area contributed by atoms with Crippen molar-refractivity contribution in [1.82, 2.24) is 0 Å². The lowest BCUT2D eigenvalue weighted by molar-refractivity contribution is 0.291. The average molecular weight is 328 g/mol. The Bertz CT molecular complexity index is 638. The van der Waals surface area contributed by atoms with Crippen LogP contribution in [0.1, 0.15) is 37.4 Å². The predicted molar refractivity (Wildman–Crippen MR) is 98.2 cm³/mol. The molecule has 0 radical (unpaired) electrons. The van der Waals surface area contributed by atoms with Gasteiger partial charge in [-0.05, 0) is 47.7 Å². The molecule has 24 heavy (non-hydrogen) atoms. The summed E-state index contributed by atoms with van der Waals surface area (Å²) in [5.41, 5.74) is 14.8. The second kappa shape index (κ2) is 7.69. The van der Waals surface area contributed by atoms with Gasteiger partial charge in [-0.25, -0.2) is 0 Å². The Morgan fingerprint density at radius 3 is 1.75 bits per heavy atom. The third kappa shape index (κ3) is 3.89. The van der Waals surface area contributed by atoms with Gasteiger partial charge in [0.2, 0.25) is 0 Å². The van der Waals surface area contributed by atoms with E-state index in [1.54, 1.807) is 14.2 Å². The van der Waals surface area contributed by atoms with Crippen LogP contribution in [0.5, 0.6) is 11.5 Å². The van der Waals surface area contributed by atoms with Gasteiger partial charge in [0, 0.05) is 0 Å². The highest BCUT2D eigenvalue weighted by molar-refractivity contribution is 5.37. The molecule has 2 rings (SSSR count). The lowest BCUT2D eigenvalue weighted by Crippen LogP contribution is -2.47. The molecule has 0 heterocycles. The highest BCUT2D eigenvalue weighted by Crippen LogP contribution is 2.37. The average Bonchev–Trinajstić information content (AvgIpc) is 2.60. The first kappa shape index (κ1) is 18.3. The molecule has 2 atom stereocenters. The molecule has 0 bridgehead atoms. The predicted octanol–water partition coefficient (Wildman–Crippen LogP) is 3.60. The van der Waals surface area contributed by atoms with E-state index in [0.29, 0.717) is 5.92 Å². The number of hydrogen-bond donors (Lipinski definition) is 2. The van der Waals surface area contributed by atoms with Crippen LogP contribution in [0.25, 0.3) is 0 Å². The van der Waals surface area contributed by atoms with Crippen LogP contribution in [0.15, 0.2) is 48.5 Å². The van der Waals surface area contributed by atoms with Crippen molar-refractivity contribution in [2.45, 2.75) is 31.8 Å². The highest BCUT2D eigenvalue weighted by Gasteiger charge is 2.36. The van der Waals surface area contributed by atoms with Gasteiger partial charge in [0.15, 0.2) is 0 Å². The van der Waals surface area contributed by atoms with E-state index < -0.39 is 5.54 Å². The second-order valence-electron chi connectivity index (χ2n) is 6.62. The zero-order chi connectivity index (χ0) is 17.7. The third-order valence-corrected chi connectivity index (χ3v) is 4.40. The summed E-state index contributed by atoms with van der Waals surface area (Å²) in [6.45, 7) is 4.32. The molecule has 0 spiro atoms. The fourth-order valence-corrected chi connectivity index (χ4v) is 3.11. The Morgan fingerprint density at radius 1 is 0.875 bits per heavy atom. The van der Waals surface area contributed by atoms with Crippen molar-refractivity contribution in [2.75, 3.05) is 14.2 Å². The van der Waals surface area contributed by atoms with E-state index in [1.165, 1.54) is 0 Å². The maximum atomic E-state index is 6.86. The van der Waals surface area contributed by atoms with Gasteiger partial charge in [0.05, 0.1) is 25.8 Å². The first-order valence-electron chi connectivity index (χ1n) is 8.23. The molecule has 0 amide bonds. The molecule has 0 aromatic heterocycles. The fraction of sp³-hybridized carbons (Fsp3) is 0.400. The van der Waals surface area contributed by atoms with Crippen LogP contribution in [-0.4, -0.2) is 14.2 Å². The minimum Gasteiger partial charge on any atom is -0.497 e. The summed E-state index contributed by atoms with van der Waals surface area (Å²) < 4.78 is 10.5. The van der Waals surface area contributed by atoms with Crippen LogP contribution in [0.2, 0.25) is 0 Å². The molecule has 0 aliphatic carbocycles. The molecule has 0 aliphatic heterocycles. The van der Waals surface area contributed by atoms with E-state index in [9.17, 15) is 0 Å². The van der Waals surface area contributed by atoms with Gasteiger partial charge in [-0.1, -0.05) is 38.1 Å². The molecule has 4 heteroatoms. The van der Waals surface area contributed by atoms with Crippen molar-refractivity contribution in [3.8, 4) is 11.5 Å². The van der Waals surface area contributed by atoms with Crippen molar-refractivity contribution in [2.24, 2.45) is 17.4 Å². The van der Waals surface area contributed by atoms with Crippen LogP contribution < -0.4 is 20.9 Å². The van der Waals surface area contributed by atoms with Gasteiger partial charge in [-0.2, -0.15) is 0 Å². The van der Waals surface area contributed by atoms with Gasteiger partial charge >= 0.3 is 0 Å². The Balaban J connectivity index is 2.40.